The predicted molar refractivity (Wildman–Crippen MR) is 90.6 cm³/mol. The molecule has 0 bridgehead atoms. The molecular weight excluding hydrogens is 309 g/mol. The number of ether oxygens (including phenoxy) is 1. The van der Waals surface area contributed by atoms with Crippen LogP contribution in [0.2, 0.25) is 0 Å². The molecule has 0 spiro atoms. The van der Waals surface area contributed by atoms with Gasteiger partial charge >= 0.3 is 0 Å². The fraction of sp³-hybridized carbons (Fsp3) is 0.111. The van der Waals surface area contributed by atoms with Crippen LogP contribution in [0.5, 0.6) is 5.75 Å². The van der Waals surface area contributed by atoms with Crippen molar-refractivity contribution in [1.29, 1.82) is 0 Å². The van der Waals surface area contributed by atoms with Crippen LogP contribution in [-0.4, -0.2) is 23.3 Å². The van der Waals surface area contributed by atoms with Gasteiger partial charge in [-0.3, -0.25) is 4.79 Å². The number of hydrogen-bond acceptors (Lipinski definition) is 3. The van der Waals surface area contributed by atoms with Crippen LogP contribution in [0.25, 0.3) is 10.9 Å². The zero-order chi connectivity index (χ0) is 16.9. The van der Waals surface area contributed by atoms with Crippen LogP contribution >= 0.6 is 0 Å². The SMILES string of the molecule is Cn1cc(/C=N/NC(=O)COc2ccc(F)cc2)c2ccccc21. The maximum absolute atomic E-state index is 12.8. The molecule has 122 valence electrons. The monoisotopic (exact) mass is 325 g/mol. The van der Waals surface area contributed by atoms with Crippen molar-refractivity contribution < 1.29 is 13.9 Å². The minimum absolute atomic E-state index is 0.196. The van der Waals surface area contributed by atoms with Crippen LogP contribution < -0.4 is 10.2 Å². The molecule has 3 aromatic rings. The maximum atomic E-state index is 12.8. The van der Waals surface area contributed by atoms with E-state index in [1.54, 1.807) is 6.21 Å². The minimum Gasteiger partial charge on any atom is -0.484 e. The van der Waals surface area contributed by atoms with Gasteiger partial charge in [-0.05, 0) is 30.3 Å². The van der Waals surface area contributed by atoms with E-state index in [-0.39, 0.29) is 12.4 Å². The summed E-state index contributed by atoms with van der Waals surface area (Å²) in [4.78, 5) is 11.7. The fourth-order valence-electron chi connectivity index (χ4n) is 2.36. The van der Waals surface area contributed by atoms with E-state index in [0.717, 1.165) is 16.5 Å². The lowest BCUT2D eigenvalue weighted by molar-refractivity contribution is -0.123. The molecule has 0 aliphatic heterocycles. The highest BCUT2D eigenvalue weighted by Crippen LogP contribution is 2.18. The van der Waals surface area contributed by atoms with Crippen molar-refractivity contribution in [2.24, 2.45) is 12.1 Å². The Kier molecular flexibility index (Phi) is 4.56. The summed E-state index contributed by atoms with van der Waals surface area (Å²) >= 11 is 0. The Morgan fingerprint density at radius 3 is 2.79 bits per heavy atom. The van der Waals surface area contributed by atoms with Crippen molar-refractivity contribution in [3.8, 4) is 5.75 Å². The molecule has 1 heterocycles. The van der Waals surface area contributed by atoms with Crippen molar-refractivity contribution in [2.45, 2.75) is 0 Å². The molecule has 1 amide bonds. The highest BCUT2D eigenvalue weighted by atomic mass is 19.1. The number of hydrogen-bond donors (Lipinski definition) is 1. The van der Waals surface area contributed by atoms with Gasteiger partial charge in [0.2, 0.25) is 0 Å². The predicted octanol–water partition coefficient (Wildman–Crippen LogP) is 2.85. The summed E-state index contributed by atoms with van der Waals surface area (Å²) < 4.78 is 20.0. The molecule has 0 radical (unpaired) electrons. The first-order chi connectivity index (χ1) is 11.6. The lowest BCUT2D eigenvalue weighted by atomic mass is 10.2. The second-order valence-corrected chi connectivity index (χ2v) is 5.25. The molecule has 1 aromatic heterocycles. The number of carbonyl (C=O) groups excluding carboxylic acids is 1. The van der Waals surface area contributed by atoms with Gasteiger partial charge < -0.3 is 9.30 Å². The molecule has 6 heteroatoms. The largest absolute Gasteiger partial charge is 0.484 e. The number of aromatic nitrogens is 1. The van der Waals surface area contributed by atoms with E-state index >= 15 is 0 Å². The highest BCUT2D eigenvalue weighted by Gasteiger charge is 2.04. The van der Waals surface area contributed by atoms with E-state index in [2.05, 4.69) is 10.5 Å². The summed E-state index contributed by atoms with van der Waals surface area (Å²) in [6.07, 6.45) is 3.54. The van der Waals surface area contributed by atoms with Gasteiger partial charge in [0.05, 0.1) is 6.21 Å². The molecule has 2 aromatic carbocycles. The zero-order valence-electron chi connectivity index (χ0n) is 13.1. The van der Waals surface area contributed by atoms with Crippen LogP contribution in [0.1, 0.15) is 5.56 Å². The summed E-state index contributed by atoms with van der Waals surface area (Å²) in [6.45, 7) is -0.196. The molecule has 0 saturated carbocycles. The summed E-state index contributed by atoms with van der Waals surface area (Å²) in [5.41, 5.74) is 4.41. The maximum Gasteiger partial charge on any atom is 0.277 e. The van der Waals surface area contributed by atoms with Crippen molar-refractivity contribution in [2.75, 3.05) is 6.61 Å². The zero-order valence-corrected chi connectivity index (χ0v) is 13.1. The van der Waals surface area contributed by atoms with E-state index in [9.17, 15) is 9.18 Å². The van der Waals surface area contributed by atoms with Crippen molar-refractivity contribution in [1.82, 2.24) is 9.99 Å². The van der Waals surface area contributed by atoms with Crippen LogP contribution in [0.3, 0.4) is 0 Å². The average molecular weight is 325 g/mol. The number of hydrazone groups is 1. The summed E-state index contributed by atoms with van der Waals surface area (Å²) in [6, 6.07) is 13.4. The van der Waals surface area contributed by atoms with Crippen molar-refractivity contribution in [3.05, 3.63) is 66.1 Å². The van der Waals surface area contributed by atoms with Gasteiger partial charge in [-0.2, -0.15) is 5.10 Å². The Hall–Kier alpha value is -3.15. The molecule has 0 fully saturated rings. The third-order valence-electron chi connectivity index (χ3n) is 3.50. The van der Waals surface area contributed by atoms with E-state index in [1.165, 1.54) is 24.3 Å². The van der Waals surface area contributed by atoms with E-state index in [0.29, 0.717) is 5.75 Å². The van der Waals surface area contributed by atoms with Gasteiger partial charge in [-0.25, -0.2) is 9.82 Å². The smallest absolute Gasteiger partial charge is 0.277 e. The van der Waals surface area contributed by atoms with E-state index in [4.69, 9.17) is 4.74 Å². The lowest BCUT2D eigenvalue weighted by Gasteiger charge is -2.04. The topological polar surface area (TPSA) is 55.6 Å². The number of amides is 1. The Labute approximate surface area is 138 Å². The van der Waals surface area contributed by atoms with Gasteiger partial charge in [0.25, 0.3) is 5.91 Å². The molecule has 0 aliphatic rings. The van der Waals surface area contributed by atoms with Crippen LogP contribution in [0.4, 0.5) is 4.39 Å². The van der Waals surface area contributed by atoms with Crippen LogP contribution in [0.15, 0.2) is 59.8 Å². The van der Waals surface area contributed by atoms with Gasteiger partial charge in [-0.15, -0.1) is 0 Å². The summed E-state index contributed by atoms with van der Waals surface area (Å²) in [5, 5.41) is 5.01. The first-order valence-corrected chi connectivity index (χ1v) is 7.38. The standard InChI is InChI=1S/C18H16FN3O2/c1-22-11-13(16-4-2-3-5-17(16)22)10-20-21-18(23)12-24-15-8-6-14(19)7-9-15/h2-11H,12H2,1H3,(H,21,23)/b20-10+. The van der Waals surface area contributed by atoms with E-state index < -0.39 is 5.91 Å². The molecule has 0 unspecified atom stereocenters. The number of fused-ring (bicyclic) bond motifs is 1. The highest BCUT2D eigenvalue weighted by molar-refractivity contribution is 5.99. The number of aryl methyl sites for hydroxylation is 1. The first-order valence-electron chi connectivity index (χ1n) is 7.38. The number of halogens is 1. The third kappa shape index (κ3) is 3.60. The number of nitrogens with zero attached hydrogens (tertiary/aromatic N) is 2. The molecule has 3 rings (SSSR count). The van der Waals surface area contributed by atoms with Crippen LogP contribution in [-0.2, 0) is 11.8 Å². The number of para-hydroxylation sites is 1. The average Bonchev–Trinajstić information content (AvgIpc) is 2.91. The molecule has 5 nitrogen and oxygen atoms in total. The third-order valence-corrected chi connectivity index (χ3v) is 3.50. The van der Waals surface area contributed by atoms with Gasteiger partial charge in [0.1, 0.15) is 11.6 Å². The molecule has 24 heavy (non-hydrogen) atoms. The number of benzene rings is 2. The lowest BCUT2D eigenvalue weighted by Crippen LogP contribution is -2.24. The summed E-state index contributed by atoms with van der Waals surface area (Å²) in [7, 11) is 1.95. The Morgan fingerprint density at radius 1 is 1.25 bits per heavy atom. The van der Waals surface area contributed by atoms with E-state index in [1.807, 2.05) is 42.1 Å². The quantitative estimate of drug-likeness (QED) is 0.579. The normalized spacial score (nSPS) is 11.1. The summed E-state index contributed by atoms with van der Waals surface area (Å²) in [5.74, 6) is -0.327. The first kappa shape index (κ1) is 15.7. The van der Waals surface area contributed by atoms with Crippen LogP contribution in [0, 0.1) is 5.82 Å². The fourth-order valence-corrected chi connectivity index (χ4v) is 2.36. The number of carbonyl (C=O) groups is 1. The van der Waals surface area contributed by atoms with Crippen molar-refractivity contribution in [3.63, 3.8) is 0 Å². The Bertz CT molecular complexity index is 885. The minimum atomic E-state index is -0.393. The Balaban J connectivity index is 1.57. The Morgan fingerprint density at radius 2 is 2.00 bits per heavy atom. The van der Waals surface area contributed by atoms with Crippen molar-refractivity contribution >= 4 is 23.0 Å². The molecule has 0 atom stereocenters. The molecular formula is C18H16FN3O2. The molecule has 0 saturated heterocycles. The van der Waals surface area contributed by atoms with Gasteiger partial charge in [0.15, 0.2) is 6.61 Å². The second kappa shape index (κ2) is 6.95. The van der Waals surface area contributed by atoms with Gasteiger partial charge in [0, 0.05) is 29.7 Å². The molecule has 0 aliphatic carbocycles. The molecule has 1 N–H and O–H groups in total. The number of rotatable bonds is 5. The number of nitrogens with one attached hydrogen (secondary N) is 1. The second-order valence-electron chi connectivity index (χ2n) is 5.25. The van der Waals surface area contributed by atoms with Gasteiger partial charge in [-0.1, -0.05) is 18.2 Å².